The summed E-state index contributed by atoms with van der Waals surface area (Å²) in [7, 11) is 0. The first-order valence-electron chi connectivity index (χ1n) is 7.01. The lowest BCUT2D eigenvalue weighted by molar-refractivity contribution is 0.0690. The Morgan fingerprint density at radius 3 is 2.95 bits per heavy atom. The maximum absolute atomic E-state index is 10.9. The van der Waals surface area contributed by atoms with Gasteiger partial charge in [-0.15, -0.1) is 11.3 Å². The summed E-state index contributed by atoms with van der Waals surface area (Å²) in [5.74, 6) is 0.735. The molecule has 1 aliphatic carbocycles. The smallest absolute Gasteiger partial charge is 0.355 e. The molecule has 1 saturated carbocycles. The van der Waals surface area contributed by atoms with Crippen molar-refractivity contribution in [1.82, 2.24) is 4.98 Å². The highest BCUT2D eigenvalue weighted by Gasteiger charge is 2.19. The minimum absolute atomic E-state index is 0.179. The van der Waals surface area contributed by atoms with Crippen LogP contribution in [0.1, 0.15) is 54.4 Å². The van der Waals surface area contributed by atoms with Gasteiger partial charge in [0.2, 0.25) is 0 Å². The number of anilines is 1. The molecule has 0 aliphatic heterocycles. The maximum atomic E-state index is 10.9. The number of hydrogen-bond acceptors (Lipinski definition) is 4. The standard InChI is InChI=1S/C14H22N2O2S/c1-9-4-3-5-11(8-9)6-7-15-14-16-12(13(17)18)10(2)19-14/h9,11H,3-8H2,1-2H3,(H,15,16)(H,17,18). The van der Waals surface area contributed by atoms with E-state index in [4.69, 9.17) is 5.11 Å². The fourth-order valence-corrected chi connectivity index (χ4v) is 3.71. The van der Waals surface area contributed by atoms with Crippen LogP contribution < -0.4 is 5.32 Å². The highest BCUT2D eigenvalue weighted by atomic mass is 32.1. The third kappa shape index (κ3) is 3.93. The van der Waals surface area contributed by atoms with Crippen molar-refractivity contribution in [3.8, 4) is 0 Å². The molecule has 4 nitrogen and oxygen atoms in total. The molecule has 0 amide bonds. The number of rotatable bonds is 5. The molecule has 0 radical (unpaired) electrons. The second kappa shape index (κ2) is 6.37. The first-order valence-corrected chi connectivity index (χ1v) is 7.82. The predicted octanol–water partition coefficient (Wildman–Crippen LogP) is 3.78. The van der Waals surface area contributed by atoms with Crippen molar-refractivity contribution in [3.63, 3.8) is 0 Å². The highest BCUT2D eigenvalue weighted by Crippen LogP contribution is 2.30. The summed E-state index contributed by atoms with van der Waals surface area (Å²) in [5.41, 5.74) is 0.179. The molecule has 0 spiro atoms. The van der Waals surface area contributed by atoms with Crippen LogP contribution >= 0.6 is 11.3 Å². The van der Waals surface area contributed by atoms with E-state index in [9.17, 15) is 4.79 Å². The van der Waals surface area contributed by atoms with Crippen LogP contribution in [-0.4, -0.2) is 22.6 Å². The summed E-state index contributed by atoms with van der Waals surface area (Å²) in [4.78, 5) is 15.8. The second-order valence-electron chi connectivity index (χ2n) is 5.58. The van der Waals surface area contributed by atoms with E-state index in [0.29, 0.717) is 0 Å². The SMILES string of the molecule is Cc1sc(NCCC2CCCC(C)C2)nc1C(=O)O. The Morgan fingerprint density at radius 2 is 2.32 bits per heavy atom. The Labute approximate surface area is 118 Å². The zero-order valence-corrected chi connectivity index (χ0v) is 12.4. The Kier molecular flexibility index (Phi) is 4.80. The molecule has 2 N–H and O–H groups in total. The first-order chi connectivity index (χ1) is 9.06. The van der Waals surface area contributed by atoms with E-state index in [1.807, 2.05) is 0 Å². The number of aryl methyl sites for hydroxylation is 1. The summed E-state index contributed by atoms with van der Waals surface area (Å²) >= 11 is 1.43. The molecule has 1 aromatic heterocycles. The fraction of sp³-hybridized carbons (Fsp3) is 0.714. The van der Waals surface area contributed by atoms with Gasteiger partial charge >= 0.3 is 5.97 Å². The minimum Gasteiger partial charge on any atom is -0.476 e. The van der Waals surface area contributed by atoms with E-state index in [2.05, 4.69) is 17.2 Å². The second-order valence-corrected chi connectivity index (χ2v) is 6.79. The maximum Gasteiger partial charge on any atom is 0.355 e. The van der Waals surface area contributed by atoms with E-state index in [-0.39, 0.29) is 5.69 Å². The Balaban J connectivity index is 1.79. The molecule has 0 bridgehead atoms. The van der Waals surface area contributed by atoms with Crippen molar-refractivity contribution in [2.24, 2.45) is 11.8 Å². The van der Waals surface area contributed by atoms with Crippen molar-refractivity contribution < 1.29 is 9.90 Å². The molecule has 1 aromatic rings. The monoisotopic (exact) mass is 282 g/mol. The van der Waals surface area contributed by atoms with Gasteiger partial charge in [0.1, 0.15) is 0 Å². The molecule has 2 atom stereocenters. The number of hydrogen-bond donors (Lipinski definition) is 2. The fourth-order valence-electron chi connectivity index (χ4n) is 2.88. The van der Waals surface area contributed by atoms with Crippen molar-refractivity contribution in [1.29, 1.82) is 0 Å². The normalized spacial score (nSPS) is 23.3. The molecule has 106 valence electrons. The summed E-state index contributed by atoms with van der Waals surface area (Å²) < 4.78 is 0. The summed E-state index contributed by atoms with van der Waals surface area (Å²) in [6, 6.07) is 0. The lowest BCUT2D eigenvalue weighted by Crippen LogP contribution is -2.16. The number of nitrogens with one attached hydrogen (secondary N) is 1. The molecule has 0 aromatic carbocycles. The van der Waals surface area contributed by atoms with Gasteiger partial charge in [0.05, 0.1) is 0 Å². The Bertz CT molecular complexity index is 445. The number of thiazole rings is 1. The van der Waals surface area contributed by atoms with E-state index in [0.717, 1.165) is 34.8 Å². The van der Waals surface area contributed by atoms with Crippen LogP contribution in [0, 0.1) is 18.8 Å². The van der Waals surface area contributed by atoms with Crippen LogP contribution in [0.5, 0.6) is 0 Å². The van der Waals surface area contributed by atoms with Crippen molar-refractivity contribution in [3.05, 3.63) is 10.6 Å². The van der Waals surface area contributed by atoms with Crippen LogP contribution in [-0.2, 0) is 0 Å². The van der Waals surface area contributed by atoms with Gasteiger partial charge in [-0.2, -0.15) is 0 Å². The third-order valence-electron chi connectivity index (χ3n) is 3.87. The molecule has 1 heterocycles. The Hall–Kier alpha value is -1.10. The molecule has 19 heavy (non-hydrogen) atoms. The molecule has 2 unspecified atom stereocenters. The van der Waals surface area contributed by atoms with Crippen LogP contribution in [0.25, 0.3) is 0 Å². The molecule has 1 fully saturated rings. The van der Waals surface area contributed by atoms with E-state index >= 15 is 0 Å². The third-order valence-corrected chi connectivity index (χ3v) is 4.80. The quantitative estimate of drug-likeness (QED) is 0.862. The summed E-state index contributed by atoms with van der Waals surface area (Å²) in [5, 5.41) is 13.0. The van der Waals surface area contributed by atoms with Crippen LogP contribution in [0.4, 0.5) is 5.13 Å². The van der Waals surface area contributed by atoms with Crippen LogP contribution in [0.2, 0.25) is 0 Å². The zero-order chi connectivity index (χ0) is 13.8. The molecule has 0 saturated heterocycles. The van der Waals surface area contributed by atoms with Gasteiger partial charge in [-0.05, 0) is 31.6 Å². The number of aromatic carboxylic acids is 1. The lowest BCUT2D eigenvalue weighted by Gasteiger charge is -2.26. The number of carboxylic acids is 1. The molecule has 5 heteroatoms. The van der Waals surface area contributed by atoms with E-state index < -0.39 is 5.97 Å². The van der Waals surface area contributed by atoms with Gasteiger partial charge in [-0.25, -0.2) is 9.78 Å². The largest absolute Gasteiger partial charge is 0.476 e. The van der Waals surface area contributed by atoms with Gasteiger partial charge in [0.15, 0.2) is 10.8 Å². The number of carbonyl (C=O) groups is 1. The number of carboxylic acid groups (broad SMARTS) is 1. The summed E-state index contributed by atoms with van der Waals surface area (Å²) in [6.07, 6.45) is 6.55. The number of aromatic nitrogens is 1. The lowest BCUT2D eigenvalue weighted by atomic mass is 9.81. The molecule has 2 rings (SSSR count). The molecular weight excluding hydrogens is 260 g/mol. The first kappa shape index (κ1) is 14.3. The van der Waals surface area contributed by atoms with Gasteiger partial charge in [-0.3, -0.25) is 0 Å². The van der Waals surface area contributed by atoms with Crippen molar-refractivity contribution in [2.75, 3.05) is 11.9 Å². The Morgan fingerprint density at radius 1 is 1.53 bits per heavy atom. The summed E-state index contributed by atoms with van der Waals surface area (Å²) in [6.45, 7) is 5.03. The van der Waals surface area contributed by atoms with Gasteiger partial charge < -0.3 is 10.4 Å². The minimum atomic E-state index is -0.942. The van der Waals surface area contributed by atoms with Crippen LogP contribution in [0.15, 0.2) is 0 Å². The van der Waals surface area contributed by atoms with Gasteiger partial charge in [0, 0.05) is 11.4 Å². The van der Waals surface area contributed by atoms with Gasteiger partial charge in [0.25, 0.3) is 0 Å². The number of nitrogens with zero attached hydrogens (tertiary/aromatic N) is 1. The molecular formula is C14H22N2O2S. The van der Waals surface area contributed by atoms with E-state index in [1.165, 1.54) is 37.0 Å². The highest BCUT2D eigenvalue weighted by molar-refractivity contribution is 7.15. The zero-order valence-electron chi connectivity index (χ0n) is 11.6. The topological polar surface area (TPSA) is 62.2 Å². The van der Waals surface area contributed by atoms with Gasteiger partial charge in [-0.1, -0.05) is 26.2 Å². The van der Waals surface area contributed by atoms with Crippen molar-refractivity contribution >= 4 is 22.4 Å². The van der Waals surface area contributed by atoms with Crippen molar-refractivity contribution in [2.45, 2.75) is 46.0 Å². The predicted molar refractivity (Wildman–Crippen MR) is 78.0 cm³/mol. The average Bonchev–Trinajstić information content (AvgIpc) is 2.71. The molecule has 1 aliphatic rings. The van der Waals surface area contributed by atoms with E-state index in [1.54, 1.807) is 6.92 Å². The van der Waals surface area contributed by atoms with Crippen LogP contribution in [0.3, 0.4) is 0 Å². The average molecular weight is 282 g/mol.